The number of rotatable bonds is 2. The number of alkyl halides is 3. The maximum absolute atomic E-state index is 12.5. The zero-order valence-electron chi connectivity index (χ0n) is 8.71. The third-order valence-corrected chi connectivity index (χ3v) is 2.74. The van der Waals surface area contributed by atoms with E-state index in [4.69, 9.17) is 12.2 Å². The minimum Gasteiger partial charge on any atom is -0.331 e. The summed E-state index contributed by atoms with van der Waals surface area (Å²) in [4.78, 5) is 2.75. The highest BCUT2D eigenvalue weighted by molar-refractivity contribution is 7.71. The van der Waals surface area contributed by atoms with E-state index < -0.39 is 11.7 Å². The fraction of sp³-hybridized carbons (Fsp3) is 0.182. The number of nitrogens with zero attached hydrogens (tertiary/aromatic N) is 1. The number of H-pyrrole nitrogens is 1. The second-order valence-electron chi connectivity index (χ2n) is 3.56. The number of fused-ring (bicyclic) bond motifs is 1. The quantitative estimate of drug-likeness (QED) is 0.640. The van der Waals surface area contributed by atoms with Crippen molar-refractivity contribution < 1.29 is 13.2 Å². The molecule has 0 bridgehead atoms. The molecule has 0 atom stereocenters. The Labute approximate surface area is 100 Å². The van der Waals surface area contributed by atoms with Crippen molar-refractivity contribution in [1.29, 1.82) is 0 Å². The monoisotopic (exact) mass is 258 g/mol. The number of aromatic amines is 1. The summed E-state index contributed by atoms with van der Waals surface area (Å²) in [6.45, 7) is 4.04. The van der Waals surface area contributed by atoms with Gasteiger partial charge >= 0.3 is 6.18 Å². The van der Waals surface area contributed by atoms with Crippen LogP contribution in [-0.4, -0.2) is 9.55 Å². The van der Waals surface area contributed by atoms with Gasteiger partial charge in [0.05, 0.1) is 16.6 Å². The molecule has 0 aliphatic heterocycles. The molecule has 0 spiro atoms. The molecule has 90 valence electrons. The molecule has 0 amide bonds. The lowest BCUT2D eigenvalue weighted by Crippen LogP contribution is -2.04. The Kier molecular flexibility index (Phi) is 2.82. The Morgan fingerprint density at radius 2 is 2.12 bits per heavy atom. The topological polar surface area (TPSA) is 20.7 Å². The van der Waals surface area contributed by atoms with Crippen LogP contribution >= 0.6 is 12.2 Å². The normalized spacial score (nSPS) is 11.9. The lowest BCUT2D eigenvalue weighted by molar-refractivity contribution is -0.137. The zero-order chi connectivity index (χ0) is 12.6. The van der Waals surface area contributed by atoms with Gasteiger partial charge in [0.2, 0.25) is 0 Å². The summed E-state index contributed by atoms with van der Waals surface area (Å²) < 4.78 is 39.6. The number of hydrogen-bond acceptors (Lipinski definition) is 1. The Morgan fingerprint density at radius 3 is 2.71 bits per heavy atom. The summed E-state index contributed by atoms with van der Waals surface area (Å²) in [5.74, 6) is 0. The minimum absolute atomic E-state index is 0.381. The molecule has 0 aliphatic carbocycles. The highest BCUT2D eigenvalue weighted by Crippen LogP contribution is 2.31. The van der Waals surface area contributed by atoms with Crippen LogP contribution in [0, 0.1) is 4.77 Å². The van der Waals surface area contributed by atoms with Crippen LogP contribution in [0.25, 0.3) is 11.0 Å². The lowest BCUT2D eigenvalue weighted by Gasteiger charge is -2.06. The van der Waals surface area contributed by atoms with Crippen LogP contribution < -0.4 is 0 Å². The van der Waals surface area contributed by atoms with Crippen molar-refractivity contribution in [3.63, 3.8) is 0 Å². The van der Waals surface area contributed by atoms with Crippen molar-refractivity contribution in [2.45, 2.75) is 12.7 Å². The van der Waals surface area contributed by atoms with Crippen molar-refractivity contribution >= 4 is 23.3 Å². The molecular formula is C11H9F3N2S. The van der Waals surface area contributed by atoms with Gasteiger partial charge in [-0.3, -0.25) is 0 Å². The average molecular weight is 258 g/mol. The van der Waals surface area contributed by atoms with E-state index in [0.29, 0.717) is 22.3 Å². The number of benzene rings is 1. The first kappa shape index (κ1) is 11.9. The first-order valence-electron chi connectivity index (χ1n) is 4.84. The molecule has 0 aliphatic rings. The molecule has 0 unspecified atom stereocenters. The molecule has 0 radical (unpaired) electrons. The SMILES string of the molecule is C=CCn1c(=S)[nH]c2cc(C(F)(F)F)ccc21. The van der Waals surface area contributed by atoms with Gasteiger partial charge in [0.1, 0.15) is 0 Å². The van der Waals surface area contributed by atoms with Crippen LogP contribution in [0.3, 0.4) is 0 Å². The van der Waals surface area contributed by atoms with E-state index in [-0.39, 0.29) is 0 Å². The van der Waals surface area contributed by atoms with Gasteiger partial charge in [-0.1, -0.05) is 6.08 Å². The van der Waals surface area contributed by atoms with Gasteiger partial charge in [-0.05, 0) is 30.4 Å². The molecule has 1 heterocycles. The first-order chi connectivity index (χ1) is 7.93. The predicted molar refractivity (Wildman–Crippen MR) is 62.3 cm³/mol. The van der Waals surface area contributed by atoms with E-state index in [1.807, 2.05) is 0 Å². The molecule has 2 rings (SSSR count). The fourth-order valence-electron chi connectivity index (χ4n) is 1.65. The number of imidazole rings is 1. The second kappa shape index (κ2) is 4.03. The molecule has 1 aromatic heterocycles. The van der Waals surface area contributed by atoms with E-state index in [1.165, 1.54) is 6.07 Å². The Morgan fingerprint density at radius 1 is 1.41 bits per heavy atom. The molecule has 2 aromatic rings. The summed E-state index contributed by atoms with van der Waals surface area (Å²) in [5, 5.41) is 0. The van der Waals surface area contributed by atoms with Crippen LogP contribution in [0.15, 0.2) is 30.9 Å². The third kappa shape index (κ3) is 2.12. The van der Waals surface area contributed by atoms with Gasteiger partial charge in [0.25, 0.3) is 0 Å². The summed E-state index contributed by atoms with van der Waals surface area (Å²) in [5.41, 5.74) is 0.335. The van der Waals surface area contributed by atoms with E-state index in [0.717, 1.165) is 12.1 Å². The van der Waals surface area contributed by atoms with Gasteiger partial charge in [-0.25, -0.2) is 0 Å². The number of halogens is 3. The van der Waals surface area contributed by atoms with Crippen molar-refractivity contribution in [3.05, 3.63) is 41.2 Å². The van der Waals surface area contributed by atoms with Gasteiger partial charge in [0.15, 0.2) is 4.77 Å². The van der Waals surface area contributed by atoms with Crippen LogP contribution in [0.4, 0.5) is 13.2 Å². The average Bonchev–Trinajstić information content (AvgIpc) is 2.54. The van der Waals surface area contributed by atoms with Crippen LogP contribution in [0.5, 0.6) is 0 Å². The summed E-state index contributed by atoms with van der Waals surface area (Å²) in [7, 11) is 0. The van der Waals surface area contributed by atoms with Gasteiger partial charge < -0.3 is 9.55 Å². The van der Waals surface area contributed by atoms with Gasteiger partial charge in [-0.2, -0.15) is 13.2 Å². The van der Waals surface area contributed by atoms with Gasteiger partial charge in [-0.15, -0.1) is 6.58 Å². The van der Waals surface area contributed by atoms with Crippen molar-refractivity contribution in [1.82, 2.24) is 9.55 Å². The molecule has 0 saturated carbocycles. The largest absolute Gasteiger partial charge is 0.416 e. The second-order valence-corrected chi connectivity index (χ2v) is 3.95. The third-order valence-electron chi connectivity index (χ3n) is 2.41. The van der Waals surface area contributed by atoms with Crippen LogP contribution in [0.2, 0.25) is 0 Å². The molecule has 6 heteroatoms. The molecule has 0 saturated heterocycles. The van der Waals surface area contributed by atoms with Crippen molar-refractivity contribution in [2.24, 2.45) is 0 Å². The van der Waals surface area contributed by atoms with Crippen molar-refractivity contribution in [2.75, 3.05) is 0 Å². The van der Waals surface area contributed by atoms with E-state index in [1.54, 1.807) is 10.6 Å². The molecule has 1 N–H and O–H groups in total. The first-order valence-corrected chi connectivity index (χ1v) is 5.25. The maximum atomic E-state index is 12.5. The molecule has 1 aromatic carbocycles. The Balaban J connectivity index is 2.66. The number of aromatic nitrogens is 2. The van der Waals surface area contributed by atoms with Crippen LogP contribution in [0.1, 0.15) is 5.56 Å². The summed E-state index contributed by atoms with van der Waals surface area (Å²) >= 11 is 5.03. The van der Waals surface area contributed by atoms with E-state index in [9.17, 15) is 13.2 Å². The van der Waals surface area contributed by atoms with Crippen LogP contribution in [-0.2, 0) is 12.7 Å². The molecule has 17 heavy (non-hydrogen) atoms. The maximum Gasteiger partial charge on any atom is 0.416 e. The lowest BCUT2D eigenvalue weighted by atomic mass is 10.2. The van der Waals surface area contributed by atoms with E-state index in [2.05, 4.69) is 11.6 Å². The highest BCUT2D eigenvalue weighted by Gasteiger charge is 2.30. The standard InChI is InChI=1S/C11H9F3N2S/c1-2-5-16-9-4-3-7(11(12,13)14)6-8(9)15-10(16)17/h2-4,6H,1,5H2,(H,15,17). The molecular weight excluding hydrogens is 249 g/mol. The highest BCUT2D eigenvalue weighted by atomic mass is 32.1. The molecule has 0 fully saturated rings. The number of allylic oxidation sites excluding steroid dienone is 1. The molecule has 2 nitrogen and oxygen atoms in total. The summed E-state index contributed by atoms with van der Waals surface area (Å²) in [6, 6.07) is 3.52. The van der Waals surface area contributed by atoms with Crippen molar-refractivity contribution in [3.8, 4) is 0 Å². The van der Waals surface area contributed by atoms with E-state index >= 15 is 0 Å². The Hall–Kier alpha value is -1.56. The number of hydrogen-bond donors (Lipinski definition) is 1. The smallest absolute Gasteiger partial charge is 0.331 e. The fourth-order valence-corrected chi connectivity index (χ4v) is 1.93. The minimum atomic E-state index is -4.34. The zero-order valence-corrected chi connectivity index (χ0v) is 9.53. The Bertz CT molecular complexity index is 622. The van der Waals surface area contributed by atoms with Gasteiger partial charge in [0, 0.05) is 6.54 Å². The summed E-state index contributed by atoms with van der Waals surface area (Å²) in [6.07, 6.45) is -2.70. The number of nitrogens with one attached hydrogen (secondary N) is 1. The predicted octanol–water partition coefficient (Wildman–Crippen LogP) is 3.90.